The molecule has 38 nitrogen and oxygen atoms in total. The molecule has 0 aliphatic rings. The predicted molar refractivity (Wildman–Crippen MR) is 446 cm³/mol. The molecule has 0 bridgehead atoms. The Labute approximate surface area is 672 Å². The van der Waals surface area contributed by atoms with Gasteiger partial charge in [-0.1, -0.05) is 91.0 Å². The lowest BCUT2D eigenvalue weighted by atomic mass is 10.1. The summed E-state index contributed by atoms with van der Waals surface area (Å²) >= 11 is 0. The number of Topliss-reactive ketones (excluding diaryl/α,β-unsaturated/α-hetero) is 1. The number of aromatic nitrogens is 20. The normalized spacial score (nSPS) is 10.5. The van der Waals surface area contributed by atoms with E-state index >= 15 is 0 Å². The van der Waals surface area contributed by atoms with Crippen LogP contribution in [-0.4, -0.2) is 140 Å². The van der Waals surface area contributed by atoms with Crippen molar-refractivity contribution in [3.05, 3.63) is 261 Å². The van der Waals surface area contributed by atoms with E-state index in [0.29, 0.717) is 104 Å². The third-order valence-electron chi connectivity index (χ3n) is 16.4. The highest BCUT2D eigenvalue weighted by molar-refractivity contribution is 5.95. The molecule has 39 heteroatoms. The van der Waals surface area contributed by atoms with Crippen molar-refractivity contribution in [2.75, 3.05) is 101 Å². The van der Waals surface area contributed by atoms with Crippen molar-refractivity contribution >= 4 is 122 Å². The maximum Gasteiger partial charge on any atom is 0.249 e. The van der Waals surface area contributed by atoms with E-state index in [-0.39, 0.29) is 47.2 Å². The van der Waals surface area contributed by atoms with Gasteiger partial charge in [-0.15, -0.1) is 20.4 Å². The van der Waals surface area contributed by atoms with Gasteiger partial charge in [-0.25, -0.2) is 44.3 Å². The second-order valence-corrected chi connectivity index (χ2v) is 24.4. The second kappa shape index (κ2) is 37.7. The van der Waals surface area contributed by atoms with Crippen LogP contribution in [0.3, 0.4) is 0 Å². The summed E-state index contributed by atoms with van der Waals surface area (Å²) in [5.41, 5.74) is 30.5. The number of nitrogens with two attached hydrogens (primary N) is 4. The van der Waals surface area contributed by atoms with Crippen LogP contribution in [0.2, 0.25) is 0 Å². The molecule has 0 saturated heterocycles. The van der Waals surface area contributed by atoms with E-state index in [1.54, 1.807) is 95.2 Å². The van der Waals surface area contributed by atoms with Gasteiger partial charge in [0.1, 0.15) is 60.1 Å². The third-order valence-corrected chi connectivity index (χ3v) is 16.4. The Balaban J connectivity index is 0.000000136. The maximum absolute atomic E-state index is 14.1. The minimum Gasteiger partial charge on any atom is -0.497 e. The van der Waals surface area contributed by atoms with Gasteiger partial charge in [0.25, 0.3) is 0 Å². The number of methoxy groups -OCH3 is 5. The molecule has 16 N–H and O–H groups in total. The van der Waals surface area contributed by atoms with Crippen LogP contribution in [0.15, 0.2) is 250 Å². The van der Waals surface area contributed by atoms with Crippen molar-refractivity contribution in [2.45, 2.75) is 6.92 Å². The number of anilines is 20. The molecule has 0 radical (unpaired) electrons. The van der Waals surface area contributed by atoms with Crippen LogP contribution in [0.25, 0.3) is 23.3 Å². The van der Waals surface area contributed by atoms with Crippen molar-refractivity contribution in [3.8, 4) is 52.0 Å². The number of ketones is 1. The summed E-state index contributed by atoms with van der Waals surface area (Å²) in [4.78, 5) is 62.2. The first-order chi connectivity index (χ1) is 57.5. The molecule has 0 aliphatic heterocycles. The van der Waals surface area contributed by atoms with E-state index in [4.69, 9.17) is 46.6 Å². The van der Waals surface area contributed by atoms with Gasteiger partial charge < -0.3 is 89.2 Å². The Bertz CT molecular complexity index is 6040. The number of benzene rings is 8. The summed E-state index contributed by atoms with van der Waals surface area (Å²) in [5, 5.41) is 42.3. The maximum atomic E-state index is 14.1. The molecule has 0 amide bonds. The second-order valence-electron chi connectivity index (χ2n) is 24.4. The number of rotatable bonds is 26. The van der Waals surface area contributed by atoms with Crippen LogP contribution in [-0.2, 0) is 0 Å². The molecule has 8 heterocycles. The highest BCUT2D eigenvalue weighted by atomic mass is 19.1. The molecule has 16 rings (SSSR count). The van der Waals surface area contributed by atoms with Gasteiger partial charge in [0.05, 0.1) is 46.9 Å². The molecular weight excluding hydrogens is 1510 g/mol. The summed E-state index contributed by atoms with van der Waals surface area (Å²) in [6.45, 7) is 1.51. The largest absolute Gasteiger partial charge is 0.497 e. The zero-order valence-corrected chi connectivity index (χ0v) is 63.8. The van der Waals surface area contributed by atoms with E-state index in [9.17, 15) is 9.18 Å². The molecule has 0 spiro atoms. The van der Waals surface area contributed by atoms with Crippen molar-refractivity contribution in [2.24, 2.45) is 0 Å². The lowest BCUT2D eigenvalue weighted by molar-refractivity contribution is 0.101. The van der Waals surface area contributed by atoms with Crippen LogP contribution in [0.5, 0.6) is 28.7 Å². The molecule has 594 valence electrons. The number of ether oxygens (including phenoxy) is 5. The topological polar surface area (TPSA) is 489 Å². The Morgan fingerprint density at radius 3 is 1.05 bits per heavy atom. The van der Waals surface area contributed by atoms with Crippen LogP contribution in [0.1, 0.15) is 17.3 Å². The van der Waals surface area contributed by atoms with Crippen molar-refractivity contribution in [1.82, 2.24) is 98.9 Å². The Hall–Kier alpha value is -17.2. The summed E-state index contributed by atoms with van der Waals surface area (Å²) < 4.78 is 46.0. The van der Waals surface area contributed by atoms with Crippen molar-refractivity contribution in [1.29, 1.82) is 0 Å². The van der Waals surface area contributed by atoms with Gasteiger partial charge in [0.15, 0.2) is 52.1 Å². The standard InChI is InChI=1S/2C20H20N8O2.C20H18N8O.C19H17FN8O/c1-29-15-10-6-9-14(18(15)30-2)25-20-26-19(21)28(27-20)17-11-16(22-12-23-17)24-13-7-4-3-5-8-13;1-29-15-9-8-14(10-16(15)30-2)25-20-26-19(21)28(27-20)18-11-17(22-12-23-18)24-13-6-4-3-5-7-13;1-13(29)14-6-5-9-16(10-14)25-20-26-19(21)28(27-20)18-11-17(22-12-23-18)24-15-7-3-2-4-8-15;1-29-13-7-8-15(14(20)9-13)25-19-26-18(21)28(27-19)17-10-16(22-11-23-17)24-12-5-3-2-4-6-12/h2*3-12H,1-2H3,(H,22,23,24)(H3,21,25,26,27);2-12H,1H3,(H,22,23,24)(H3,21,25,26,27);2-11H,1H3,(H,22,23,24)(H3,21,25,26,27). The summed E-state index contributed by atoms with van der Waals surface area (Å²) in [5.74, 6) is 8.04. The number of hydrogen-bond donors (Lipinski definition) is 12. The van der Waals surface area contributed by atoms with Gasteiger partial charge in [0.2, 0.25) is 47.6 Å². The lowest BCUT2D eigenvalue weighted by Gasteiger charge is -2.12. The Morgan fingerprint density at radius 1 is 0.322 bits per heavy atom. The fourth-order valence-electron chi connectivity index (χ4n) is 10.9. The van der Waals surface area contributed by atoms with Crippen LogP contribution in [0.4, 0.5) is 121 Å². The van der Waals surface area contributed by atoms with Gasteiger partial charge in [-0.3, -0.25) is 4.79 Å². The molecule has 16 aromatic rings. The molecule has 0 fully saturated rings. The number of carbonyl (C=O) groups excluding carboxylic acids is 1. The molecular formula is C79H75FN32O6. The number of hydrogen-bond acceptors (Lipinski definition) is 34. The van der Waals surface area contributed by atoms with E-state index in [1.807, 2.05) is 146 Å². The van der Waals surface area contributed by atoms with E-state index in [0.717, 1.165) is 28.4 Å². The highest BCUT2D eigenvalue weighted by Crippen LogP contribution is 2.37. The predicted octanol–water partition coefficient (Wildman–Crippen LogP) is 12.9. The highest BCUT2D eigenvalue weighted by Gasteiger charge is 2.20. The van der Waals surface area contributed by atoms with Gasteiger partial charge in [0, 0.05) is 76.1 Å². The average Bonchev–Trinajstić information content (AvgIpc) is 1.68. The quantitative estimate of drug-likeness (QED) is 0.0224. The molecule has 118 heavy (non-hydrogen) atoms. The Morgan fingerprint density at radius 2 is 0.686 bits per heavy atom. The number of nitrogens with zero attached hydrogens (tertiary/aromatic N) is 20. The average molecular weight is 1590 g/mol. The van der Waals surface area contributed by atoms with Gasteiger partial charge in [-0.05, 0) is 104 Å². The van der Waals surface area contributed by atoms with Crippen LogP contribution >= 0.6 is 0 Å². The van der Waals surface area contributed by atoms with Gasteiger partial charge >= 0.3 is 0 Å². The molecule has 0 unspecified atom stereocenters. The molecule has 0 atom stereocenters. The number of nitrogens with one attached hydrogen (secondary N) is 8. The monoisotopic (exact) mass is 1590 g/mol. The fourth-order valence-corrected chi connectivity index (χ4v) is 10.9. The van der Waals surface area contributed by atoms with E-state index in [1.165, 1.54) is 70.2 Å². The van der Waals surface area contributed by atoms with E-state index in [2.05, 4.69) is 123 Å². The lowest BCUT2D eigenvalue weighted by Crippen LogP contribution is -2.06. The molecule has 8 aromatic heterocycles. The third kappa shape index (κ3) is 20.5. The zero-order chi connectivity index (χ0) is 82.3. The summed E-state index contributed by atoms with van der Waals surface area (Å²) in [6.07, 6.45) is 5.67. The fraction of sp³-hybridized carbons (Fsp3) is 0.0759. The Kier molecular flexibility index (Phi) is 25.2. The molecule has 8 aromatic carbocycles. The zero-order valence-electron chi connectivity index (χ0n) is 63.8. The minimum absolute atomic E-state index is 0.0221. The summed E-state index contributed by atoms with van der Waals surface area (Å²) in [6, 6.07) is 67.8. The SMILES string of the molecule is CC(=O)c1cccc(Nc2nc(N)n(-c3cc(Nc4ccccc4)ncn3)n2)c1.COc1ccc(Nc2nc(N)n(-c3cc(Nc4ccccc4)ncn3)n2)c(F)c1.COc1ccc(Nc2nc(N)n(-c3cc(Nc4ccccc4)ncn3)n2)cc1OC.COc1cccc(Nc2nc(N)n(-c3cc(Nc4ccccc4)ncn3)n2)c1OC. The number of nitrogen functional groups attached to an aromatic ring is 4. The minimum atomic E-state index is -0.504. The molecule has 0 saturated carbocycles. The number of carbonyl (C=O) groups is 1. The van der Waals surface area contributed by atoms with Crippen LogP contribution in [0, 0.1) is 5.82 Å². The van der Waals surface area contributed by atoms with E-state index < -0.39 is 5.82 Å². The first kappa shape index (κ1) is 78.9. The van der Waals surface area contributed by atoms with Gasteiger partial charge in [-0.2, -0.15) is 38.7 Å². The molecule has 0 aliphatic carbocycles. The first-order valence-corrected chi connectivity index (χ1v) is 35.5. The number of para-hydroxylation sites is 5. The van der Waals surface area contributed by atoms with Crippen molar-refractivity contribution in [3.63, 3.8) is 0 Å². The summed E-state index contributed by atoms with van der Waals surface area (Å²) in [7, 11) is 7.75. The van der Waals surface area contributed by atoms with Crippen molar-refractivity contribution < 1.29 is 32.9 Å². The smallest absolute Gasteiger partial charge is 0.249 e. The number of halogens is 1. The first-order valence-electron chi connectivity index (χ1n) is 35.5. The van der Waals surface area contributed by atoms with Crippen LogP contribution < -0.4 is 89.2 Å².